The Hall–Kier alpha value is -2.38. The molecule has 11 nitrogen and oxygen atoms in total. The van der Waals surface area contributed by atoms with Crippen LogP contribution in [-0.4, -0.2) is 128 Å². The van der Waals surface area contributed by atoms with E-state index < -0.39 is 17.5 Å². The van der Waals surface area contributed by atoms with Gasteiger partial charge in [-0.05, 0) is 31.1 Å². The fourth-order valence-corrected chi connectivity index (χ4v) is 6.62. The van der Waals surface area contributed by atoms with Crippen molar-refractivity contribution in [1.82, 2.24) is 25.3 Å². The first-order valence-electron chi connectivity index (χ1n) is 15.7. The van der Waals surface area contributed by atoms with Crippen LogP contribution < -0.4 is 10.6 Å². The van der Waals surface area contributed by atoms with Crippen molar-refractivity contribution in [2.75, 3.05) is 65.7 Å². The Morgan fingerprint density at radius 2 is 1.63 bits per heavy atom. The van der Waals surface area contributed by atoms with E-state index >= 15 is 0 Å². The van der Waals surface area contributed by atoms with Crippen molar-refractivity contribution in [2.24, 2.45) is 5.41 Å². The second-order valence-electron chi connectivity index (χ2n) is 13.8. The van der Waals surface area contributed by atoms with Crippen LogP contribution in [0.5, 0.6) is 0 Å². The summed E-state index contributed by atoms with van der Waals surface area (Å²) in [6.45, 7) is 8.65. The van der Waals surface area contributed by atoms with Crippen molar-refractivity contribution in [3.05, 3.63) is 0 Å². The smallest absolute Gasteiger partial charge is 0.248 e. The maximum Gasteiger partial charge on any atom is 0.248 e. The van der Waals surface area contributed by atoms with Crippen LogP contribution in [-0.2, 0) is 28.7 Å². The van der Waals surface area contributed by atoms with E-state index in [-0.39, 0.29) is 100 Å². The first-order valence-corrected chi connectivity index (χ1v) is 15.7. The number of carbonyl (C=O) groups is 4. The minimum absolute atomic E-state index is 0.0113. The number of piperidine rings is 1. The van der Waals surface area contributed by atoms with Crippen LogP contribution in [0.1, 0.15) is 72.1 Å². The summed E-state index contributed by atoms with van der Waals surface area (Å²) >= 11 is 0. The molecule has 13 heteroatoms. The molecule has 4 amide bonds. The molecule has 0 unspecified atom stereocenters. The third-order valence-electron chi connectivity index (χ3n) is 9.04. The van der Waals surface area contributed by atoms with Gasteiger partial charge in [-0.25, -0.2) is 8.78 Å². The van der Waals surface area contributed by atoms with E-state index in [1.165, 1.54) is 0 Å². The van der Waals surface area contributed by atoms with Crippen molar-refractivity contribution in [1.29, 1.82) is 0 Å². The summed E-state index contributed by atoms with van der Waals surface area (Å²) in [5.74, 6) is -3.52. The average molecular weight is 614 g/mol. The van der Waals surface area contributed by atoms with E-state index in [1.54, 1.807) is 9.80 Å². The Balaban J connectivity index is 1.50. The fourth-order valence-electron chi connectivity index (χ4n) is 6.62. The molecule has 4 aliphatic rings. The van der Waals surface area contributed by atoms with Crippen molar-refractivity contribution in [2.45, 2.75) is 95.7 Å². The largest absolute Gasteiger partial charge is 0.377 e. The molecule has 1 spiro atoms. The number of ether oxygens (including phenoxy) is 2. The molecule has 244 valence electrons. The molecule has 43 heavy (non-hydrogen) atoms. The zero-order valence-corrected chi connectivity index (χ0v) is 25.9. The fraction of sp³-hybridized carbons (Fsp3) is 0.867. The third kappa shape index (κ3) is 9.55. The lowest BCUT2D eigenvalue weighted by molar-refractivity contribution is -0.148. The molecule has 1 atom stereocenters. The summed E-state index contributed by atoms with van der Waals surface area (Å²) in [6, 6.07) is -0.852. The highest BCUT2D eigenvalue weighted by atomic mass is 19.3. The normalized spacial score (nSPS) is 27.4. The van der Waals surface area contributed by atoms with E-state index in [2.05, 4.69) is 15.5 Å². The highest BCUT2D eigenvalue weighted by Crippen LogP contribution is 2.36. The molecule has 0 radical (unpaired) electrons. The van der Waals surface area contributed by atoms with E-state index in [0.29, 0.717) is 51.7 Å². The lowest BCUT2D eigenvalue weighted by atomic mass is 9.82. The number of amides is 4. The number of rotatable bonds is 2. The van der Waals surface area contributed by atoms with Crippen LogP contribution >= 0.6 is 0 Å². The number of hydrogen-bond acceptors (Lipinski definition) is 7. The summed E-state index contributed by atoms with van der Waals surface area (Å²) in [5.41, 5.74) is -1.05. The molecule has 0 bridgehead atoms. The number of nitrogens with one attached hydrogen (secondary N) is 2. The molecular formula is C30H49F2N5O6. The summed E-state index contributed by atoms with van der Waals surface area (Å²) in [6.07, 6.45) is 1.55. The van der Waals surface area contributed by atoms with Crippen LogP contribution in [0.3, 0.4) is 0 Å². The van der Waals surface area contributed by atoms with Gasteiger partial charge in [-0.1, -0.05) is 20.8 Å². The van der Waals surface area contributed by atoms with E-state index in [4.69, 9.17) is 9.47 Å². The average Bonchev–Trinajstić information content (AvgIpc) is 2.93. The molecule has 2 N–H and O–H groups in total. The second-order valence-corrected chi connectivity index (χ2v) is 13.8. The first-order chi connectivity index (χ1) is 20.3. The zero-order valence-electron chi connectivity index (χ0n) is 25.9. The van der Waals surface area contributed by atoms with Gasteiger partial charge in [0.05, 0.1) is 31.8 Å². The monoisotopic (exact) mass is 613 g/mol. The highest BCUT2D eigenvalue weighted by molar-refractivity contribution is 5.89. The maximum atomic E-state index is 14.0. The van der Waals surface area contributed by atoms with Crippen LogP contribution in [0.25, 0.3) is 0 Å². The zero-order chi connectivity index (χ0) is 31.3. The van der Waals surface area contributed by atoms with E-state index in [0.717, 1.165) is 0 Å². The third-order valence-corrected chi connectivity index (χ3v) is 9.04. The summed E-state index contributed by atoms with van der Waals surface area (Å²) in [5, 5.41) is 5.93. The van der Waals surface area contributed by atoms with Gasteiger partial charge in [-0.15, -0.1) is 0 Å². The molecular weight excluding hydrogens is 564 g/mol. The summed E-state index contributed by atoms with van der Waals surface area (Å²) < 4.78 is 38.7. The molecule has 1 saturated carbocycles. The topological polar surface area (TPSA) is 121 Å². The lowest BCUT2D eigenvalue weighted by Crippen LogP contribution is -2.64. The molecule has 3 aliphatic heterocycles. The van der Waals surface area contributed by atoms with Gasteiger partial charge in [0, 0.05) is 64.6 Å². The van der Waals surface area contributed by atoms with Crippen molar-refractivity contribution < 1.29 is 37.4 Å². The Bertz CT molecular complexity index is 1000. The van der Waals surface area contributed by atoms with Gasteiger partial charge in [-0.2, -0.15) is 0 Å². The molecule has 3 heterocycles. The standard InChI is InChI=1S/C30H49F2N5O6/c1-28(2,3)18-25(39)35-11-8-29(9-12-35)19-26(40)37-14-13-36(22-4-6-30(31,32)7-5-22)20-23(37)27(41)33-10-15-42-16-17-43-21-24(38)34-29/h22-23H,4-21H2,1-3H3,(H,33,41)(H,34,38)/t23-/m0/s1. The van der Waals surface area contributed by atoms with E-state index in [9.17, 15) is 28.0 Å². The van der Waals surface area contributed by atoms with E-state index in [1.807, 2.05) is 20.8 Å². The number of likely N-dealkylation sites (tertiary alicyclic amines) is 1. The number of halogens is 2. The van der Waals surface area contributed by atoms with Crippen molar-refractivity contribution in [3.8, 4) is 0 Å². The van der Waals surface area contributed by atoms with Gasteiger partial charge in [0.25, 0.3) is 0 Å². The van der Waals surface area contributed by atoms with Crippen molar-refractivity contribution >= 4 is 23.6 Å². The Morgan fingerprint density at radius 1 is 0.953 bits per heavy atom. The predicted octanol–water partition coefficient (Wildman–Crippen LogP) is 1.54. The lowest BCUT2D eigenvalue weighted by Gasteiger charge is -2.47. The minimum Gasteiger partial charge on any atom is -0.377 e. The number of alkyl halides is 2. The minimum atomic E-state index is -2.65. The number of carbonyl (C=O) groups excluding carboxylic acids is 4. The molecule has 0 aromatic heterocycles. The second kappa shape index (κ2) is 14.2. The van der Waals surface area contributed by atoms with Gasteiger partial charge >= 0.3 is 0 Å². The van der Waals surface area contributed by atoms with Crippen LogP contribution in [0.4, 0.5) is 8.78 Å². The van der Waals surface area contributed by atoms with Crippen molar-refractivity contribution in [3.63, 3.8) is 0 Å². The number of fused-ring (bicyclic) bond motifs is 1. The van der Waals surface area contributed by atoms with Crippen LogP contribution in [0.2, 0.25) is 0 Å². The van der Waals surface area contributed by atoms with Gasteiger partial charge < -0.3 is 29.9 Å². The Labute approximate surface area is 253 Å². The maximum absolute atomic E-state index is 14.0. The number of nitrogens with zero attached hydrogens (tertiary/aromatic N) is 3. The van der Waals surface area contributed by atoms with Gasteiger partial charge in [-0.3, -0.25) is 24.1 Å². The quantitative estimate of drug-likeness (QED) is 0.485. The van der Waals surface area contributed by atoms with Crippen LogP contribution in [0.15, 0.2) is 0 Å². The Kier molecular flexibility index (Phi) is 11.0. The molecule has 0 aromatic carbocycles. The van der Waals surface area contributed by atoms with Gasteiger partial charge in [0.15, 0.2) is 0 Å². The highest BCUT2D eigenvalue weighted by Gasteiger charge is 2.45. The first kappa shape index (κ1) is 33.5. The molecule has 3 saturated heterocycles. The predicted molar refractivity (Wildman–Crippen MR) is 154 cm³/mol. The molecule has 0 aromatic rings. The number of hydrogen-bond donors (Lipinski definition) is 2. The summed E-state index contributed by atoms with van der Waals surface area (Å²) in [7, 11) is 0. The number of piperazine rings is 1. The Morgan fingerprint density at radius 3 is 2.30 bits per heavy atom. The van der Waals surface area contributed by atoms with Gasteiger partial charge in [0.2, 0.25) is 29.6 Å². The SMILES string of the molecule is CC(C)(C)CC(=O)N1CCC2(CC1)CC(=O)N1CCN(C3CCC(F)(F)CC3)C[C@H]1C(=O)NCCOCCOCC(=O)N2. The van der Waals surface area contributed by atoms with Crippen LogP contribution in [0, 0.1) is 5.41 Å². The molecule has 4 fully saturated rings. The van der Waals surface area contributed by atoms with Gasteiger partial charge in [0.1, 0.15) is 12.6 Å². The summed E-state index contributed by atoms with van der Waals surface area (Å²) in [4.78, 5) is 58.7. The molecule has 4 rings (SSSR count). The molecule has 1 aliphatic carbocycles.